The molecule has 2 aromatic heterocycles. The highest BCUT2D eigenvalue weighted by Gasteiger charge is 2.14. The van der Waals surface area contributed by atoms with Gasteiger partial charge in [-0.25, -0.2) is 15.0 Å². The summed E-state index contributed by atoms with van der Waals surface area (Å²) in [5, 5.41) is 0. The maximum absolute atomic E-state index is 4.92. The standard InChI is InChI=1S/C32H21BrN4/c33-29-19-27(26-12-7-17-34-21-26)18-28(20-29)32-36-30(24-10-5-2-6-11-24)35-31(37-32)25-15-13-23(14-16-25)22-8-3-1-4-9-22/h1-21H. The molecule has 5 heteroatoms. The van der Waals surface area contributed by atoms with Gasteiger partial charge >= 0.3 is 0 Å². The van der Waals surface area contributed by atoms with Crippen LogP contribution in [0.15, 0.2) is 132 Å². The summed E-state index contributed by atoms with van der Waals surface area (Å²) in [7, 11) is 0. The molecule has 4 nitrogen and oxygen atoms in total. The molecule has 0 radical (unpaired) electrons. The normalized spacial score (nSPS) is 10.8. The van der Waals surface area contributed by atoms with Crippen molar-refractivity contribution in [1.29, 1.82) is 0 Å². The minimum atomic E-state index is 0.613. The van der Waals surface area contributed by atoms with E-state index in [-0.39, 0.29) is 0 Å². The summed E-state index contributed by atoms with van der Waals surface area (Å²) in [4.78, 5) is 18.9. The highest BCUT2D eigenvalue weighted by Crippen LogP contribution is 2.31. The number of pyridine rings is 1. The number of halogens is 1. The van der Waals surface area contributed by atoms with Crippen LogP contribution in [0.4, 0.5) is 0 Å². The molecule has 6 aromatic rings. The van der Waals surface area contributed by atoms with E-state index in [9.17, 15) is 0 Å². The van der Waals surface area contributed by atoms with Crippen LogP contribution in [0.2, 0.25) is 0 Å². The Morgan fingerprint density at radius 1 is 0.405 bits per heavy atom. The van der Waals surface area contributed by atoms with Gasteiger partial charge in [-0.3, -0.25) is 4.98 Å². The van der Waals surface area contributed by atoms with Gasteiger partial charge < -0.3 is 0 Å². The third-order valence-electron chi connectivity index (χ3n) is 6.07. The van der Waals surface area contributed by atoms with Crippen molar-refractivity contribution in [3.8, 4) is 56.4 Å². The Morgan fingerprint density at radius 2 is 0.892 bits per heavy atom. The van der Waals surface area contributed by atoms with Crippen molar-refractivity contribution in [2.75, 3.05) is 0 Å². The monoisotopic (exact) mass is 540 g/mol. The molecule has 0 saturated heterocycles. The fraction of sp³-hybridized carbons (Fsp3) is 0. The molecule has 0 saturated carbocycles. The molecule has 0 aliphatic carbocycles. The van der Waals surface area contributed by atoms with Gasteiger partial charge in [0.05, 0.1) is 0 Å². The zero-order valence-corrected chi connectivity index (χ0v) is 21.4. The Bertz CT molecular complexity index is 1650. The molecule has 4 aromatic carbocycles. The number of nitrogens with zero attached hydrogens (tertiary/aromatic N) is 4. The first kappa shape index (κ1) is 23.0. The Morgan fingerprint density at radius 3 is 1.51 bits per heavy atom. The van der Waals surface area contributed by atoms with Crippen molar-refractivity contribution in [1.82, 2.24) is 19.9 Å². The summed E-state index contributed by atoms with van der Waals surface area (Å²) in [5.74, 6) is 1.88. The van der Waals surface area contributed by atoms with Gasteiger partial charge in [0.2, 0.25) is 0 Å². The third kappa shape index (κ3) is 5.08. The second-order valence-corrected chi connectivity index (χ2v) is 9.50. The van der Waals surface area contributed by atoms with Gasteiger partial charge in [0.1, 0.15) is 0 Å². The summed E-state index contributed by atoms with van der Waals surface area (Å²) in [6.45, 7) is 0. The van der Waals surface area contributed by atoms with E-state index >= 15 is 0 Å². The summed E-state index contributed by atoms with van der Waals surface area (Å²) in [5.41, 5.74) is 7.16. The van der Waals surface area contributed by atoms with E-state index in [1.165, 1.54) is 5.56 Å². The van der Waals surface area contributed by atoms with Gasteiger partial charge in [-0.15, -0.1) is 0 Å². The maximum Gasteiger partial charge on any atom is 0.164 e. The smallest absolute Gasteiger partial charge is 0.164 e. The molecule has 0 bridgehead atoms. The van der Waals surface area contributed by atoms with Crippen LogP contribution >= 0.6 is 15.9 Å². The Labute approximate surface area is 223 Å². The summed E-state index contributed by atoms with van der Waals surface area (Å²) >= 11 is 3.67. The van der Waals surface area contributed by atoms with E-state index in [2.05, 4.69) is 69.4 Å². The molecule has 37 heavy (non-hydrogen) atoms. The zero-order valence-electron chi connectivity index (χ0n) is 19.8. The van der Waals surface area contributed by atoms with Gasteiger partial charge in [-0.05, 0) is 41.0 Å². The molecular formula is C32H21BrN4. The van der Waals surface area contributed by atoms with Crippen LogP contribution in [-0.4, -0.2) is 19.9 Å². The highest BCUT2D eigenvalue weighted by molar-refractivity contribution is 9.10. The zero-order chi connectivity index (χ0) is 25.0. The van der Waals surface area contributed by atoms with E-state index in [0.717, 1.165) is 37.9 Å². The van der Waals surface area contributed by atoms with Crippen LogP contribution in [-0.2, 0) is 0 Å². The van der Waals surface area contributed by atoms with Crippen molar-refractivity contribution >= 4 is 15.9 Å². The number of hydrogen-bond acceptors (Lipinski definition) is 4. The van der Waals surface area contributed by atoms with E-state index in [1.54, 1.807) is 6.20 Å². The van der Waals surface area contributed by atoms with Crippen LogP contribution in [0.25, 0.3) is 56.4 Å². The van der Waals surface area contributed by atoms with Crippen LogP contribution in [0, 0.1) is 0 Å². The molecular weight excluding hydrogens is 520 g/mol. The van der Waals surface area contributed by atoms with Crippen LogP contribution < -0.4 is 0 Å². The summed E-state index contributed by atoms with van der Waals surface area (Å²) in [6.07, 6.45) is 3.63. The molecule has 176 valence electrons. The fourth-order valence-electron chi connectivity index (χ4n) is 4.21. The minimum Gasteiger partial charge on any atom is -0.264 e. The van der Waals surface area contributed by atoms with Gasteiger partial charge in [0, 0.05) is 39.1 Å². The van der Waals surface area contributed by atoms with E-state index < -0.39 is 0 Å². The quantitative estimate of drug-likeness (QED) is 0.220. The lowest BCUT2D eigenvalue weighted by molar-refractivity contribution is 1.07. The molecule has 0 spiro atoms. The van der Waals surface area contributed by atoms with Crippen molar-refractivity contribution in [3.05, 3.63) is 132 Å². The lowest BCUT2D eigenvalue weighted by Crippen LogP contribution is -2.00. The average Bonchev–Trinajstić information content (AvgIpc) is 2.98. The number of rotatable bonds is 5. The highest BCUT2D eigenvalue weighted by atomic mass is 79.9. The number of benzene rings is 4. The first-order valence-electron chi connectivity index (χ1n) is 11.9. The molecule has 0 aliphatic rings. The van der Waals surface area contributed by atoms with E-state index in [4.69, 9.17) is 15.0 Å². The number of hydrogen-bond donors (Lipinski definition) is 0. The van der Waals surface area contributed by atoms with Gasteiger partial charge in [0.15, 0.2) is 17.5 Å². The minimum absolute atomic E-state index is 0.613. The van der Waals surface area contributed by atoms with Gasteiger partial charge in [-0.1, -0.05) is 107 Å². The lowest BCUT2D eigenvalue weighted by atomic mass is 10.0. The molecule has 0 amide bonds. The van der Waals surface area contributed by atoms with Crippen LogP contribution in [0.1, 0.15) is 0 Å². The maximum atomic E-state index is 4.92. The van der Waals surface area contributed by atoms with Crippen LogP contribution in [0.3, 0.4) is 0 Å². The topological polar surface area (TPSA) is 51.6 Å². The second kappa shape index (κ2) is 10.2. The van der Waals surface area contributed by atoms with Gasteiger partial charge in [-0.2, -0.15) is 0 Å². The van der Waals surface area contributed by atoms with Crippen LogP contribution in [0.5, 0.6) is 0 Å². The number of aromatic nitrogens is 4. The van der Waals surface area contributed by atoms with Crippen molar-refractivity contribution in [2.45, 2.75) is 0 Å². The SMILES string of the molecule is Brc1cc(-c2cccnc2)cc(-c2nc(-c3ccccc3)nc(-c3ccc(-c4ccccc4)cc3)n2)c1. The summed E-state index contributed by atoms with van der Waals surface area (Å²) < 4.78 is 0.944. The largest absolute Gasteiger partial charge is 0.264 e. The summed E-state index contributed by atoms with van der Waals surface area (Å²) in [6, 6.07) is 38.9. The molecule has 0 atom stereocenters. The molecule has 2 heterocycles. The van der Waals surface area contributed by atoms with Crippen molar-refractivity contribution in [2.24, 2.45) is 0 Å². The molecule has 0 fully saturated rings. The molecule has 0 aliphatic heterocycles. The lowest BCUT2D eigenvalue weighted by Gasteiger charge is -2.11. The molecule has 0 N–H and O–H groups in total. The first-order chi connectivity index (χ1) is 18.2. The Kier molecular flexibility index (Phi) is 6.36. The van der Waals surface area contributed by atoms with E-state index in [1.807, 2.05) is 72.9 Å². The predicted octanol–water partition coefficient (Wildman–Crippen LogP) is 8.36. The predicted molar refractivity (Wildman–Crippen MR) is 153 cm³/mol. The molecule has 0 unspecified atom stereocenters. The first-order valence-corrected chi connectivity index (χ1v) is 12.7. The third-order valence-corrected chi connectivity index (χ3v) is 6.53. The van der Waals surface area contributed by atoms with E-state index in [0.29, 0.717) is 17.5 Å². The Hall–Kier alpha value is -4.48. The van der Waals surface area contributed by atoms with Gasteiger partial charge in [0.25, 0.3) is 0 Å². The van der Waals surface area contributed by atoms with Crippen molar-refractivity contribution in [3.63, 3.8) is 0 Å². The second-order valence-electron chi connectivity index (χ2n) is 8.59. The molecule has 6 rings (SSSR count). The van der Waals surface area contributed by atoms with Crippen molar-refractivity contribution < 1.29 is 0 Å². The Balaban J connectivity index is 1.47. The average molecular weight is 541 g/mol. The fourth-order valence-corrected chi connectivity index (χ4v) is 4.70.